The molecule has 0 bridgehead atoms. The number of nitrogens with zero attached hydrogens (tertiary/aromatic N) is 2. The molecule has 1 aromatic carbocycles. The Morgan fingerprint density at radius 2 is 2.06 bits per heavy atom. The van der Waals surface area contributed by atoms with E-state index in [0.717, 1.165) is 45.4 Å². The molecule has 1 aliphatic rings. The smallest absolute Gasteiger partial charge is 0.222 e. The summed E-state index contributed by atoms with van der Waals surface area (Å²) < 4.78 is 0. The SMILES string of the molecule is CN(CCCN1CCCC1=O)Cc1ccccc1. The molecule has 0 aromatic heterocycles. The van der Waals surface area contributed by atoms with E-state index in [2.05, 4.69) is 36.2 Å². The number of hydrogen-bond donors (Lipinski definition) is 0. The highest BCUT2D eigenvalue weighted by Crippen LogP contribution is 2.10. The van der Waals surface area contributed by atoms with Gasteiger partial charge in [0.25, 0.3) is 0 Å². The fourth-order valence-electron chi connectivity index (χ4n) is 2.45. The number of likely N-dealkylation sites (tertiary alicyclic amines) is 1. The van der Waals surface area contributed by atoms with Crippen molar-refractivity contribution >= 4 is 5.91 Å². The maximum Gasteiger partial charge on any atom is 0.222 e. The number of amides is 1. The molecule has 3 nitrogen and oxygen atoms in total. The van der Waals surface area contributed by atoms with Gasteiger partial charge in [0.2, 0.25) is 5.91 Å². The normalized spacial score (nSPS) is 15.7. The summed E-state index contributed by atoms with van der Waals surface area (Å²) in [5.74, 6) is 0.334. The van der Waals surface area contributed by atoms with Gasteiger partial charge in [0.15, 0.2) is 0 Å². The van der Waals surface area contributed by atoms with Gasteiger partial charge in [-0.3, -0.25) is 4.79 Å². The molecular formula is C15H22N2O. The lowest BCUT2D eigenvalue weighted by atomic mass is 10.2. The molecule has 2 rings (SSSR count). The van der Waals surface area contributed by atoms with E-state index in [0.29, 0.717) is 5.91 Å². The third-order valence-corrected chi connectivity index (χ3v) is 3.43. The first kappa shape index (κ1) is 13.1. The minimum atomic E-state index is 0.334. The topological polar surface area (TPSA) is 23.6 Å². The van der Waals surface area contributed by atoms with E-state index >= 15 is 0 Å². The highest BCUT2D eigenvalue weighted by atomic mass is 16.2. The van der Waals surface area contributed by atoms with E-state index in [4.69, 9.17) is 0 Å². The lowest BCUT2D eigenvalue weighted by Gasteiger charge is -2.20. The summed E-state index contributed by atoms with van der Waals surface area (Å²) in [5.41, 5.74) is 1.34. The first-order chi connectivity index (χ1) is 8.75. The molecular weight excluding hydrogens is 224 g/mol. The van der Waals surface area contributed by atoms with Crippen LogP contribution in [-0.2, 0) is 11.3 Å². The van der Waals surface area contributed by atoms with Gasteiger partial charge in [-0.25, -0.2) is 0 Å². The Balaban J connectivity index is 1.66. The molecule has 1 aromatic rings. The van der Waals surface area contributed by atoms with Gasteiger partial charge in [-0.2, -0.15) is 0 Å². The van der Waals surface area contributed by atoms with Gasteiger partial charge in [-0.15, -0.1) is 0 Å². The molecule has 0 unspecified atom stereocenters. The van der Waals surface area contributed by atoms with Crippen LogP contribution in [0.25, 0.3) is 0 Å². The number of carbonyl (C=O) groups is 1. The Morgan fingerprint density at radius 1 is 1.28 bits per heavy atom. The van der Waals surface area contributed by atoms with Crippen molar-refractivity contribution in [3.63, 3.8) is 0 Å². The summed E-state index contributed by atoms with van der Waals surface area (Å²) in [7, 11) is 2.14. The zero-order chi connectivity index (χ0) is 12.8. The Morgan fingerprint density at radius 3 is 2.72 bits per heavy atom. The van der Waals surface area contributed by atoms with Crippen LogP contribution in [0.15, 0.2) is 30.3 Å². The predicted molar refractivity (Wildman–Crippen MR) is 73.2 cm³/mol. The standard InChI is InChI=1S/C15H22N2O/c1-16(13-14-7-3-2-4-8-14)10-6-12-17-11-5-9-15(17)18/h2-4,7-8H,5-6,9-13H2,1H3. The minimum absolute atomic E-state index is 0.334. The number of hydrogen-bond acceptors (Lipinski definition) is 2. The van der Waals surface area contributed by atoms with Gasteiger partial charge < -0.3 is 9.80 Å². The number of rotatable bonds is 6. The largest absolute Gasteiger partial charge is 0.343 e. The first-order valence-electron chi connectivity index (χ1n) is 6.76. The van der Waals surface area contributed by atoms with Crippen molar-refractivity contribution < 1.29 is 4.79 Å². The summed E-state index contributed by atoms with van der Waals surface area (Å²) in [6.45, 7) is 3.90. The average molecular weight is 246 g/mol. The van der Waals surface area contributed by atoms with Gasteiger partial charge in [0, 0.05) is 26.1 Å². The lowest BCUT2D eigenvalue weighted by Crippen LogP contribution is -2.29. The van der Waals surface area contributed by atoms with Crippen molar-refractivity contribution in [3.8, 4) is 0 Å². The second-order valence-electron chi connectivity index (χ2n) is 5.06. The minimum Gasteiger partial charge on any atom is -0.343 e. The molecule has 0 N–H and O–H groups in total. The second-order valence-corrected chi connectivity index (χ2v) is 5.06. The van der Waals surface area contributed by atoms with E-state index in [-0.39, 0.29) is 0 Å². The van der Waals surface area contributed by atoms with Gasteiger partial charge in [0.1, 0.15) is 0 Å². The molecule has 0 radical (unpaired) electrons. The Labute approximate surface area is 109 Å². The molecule has 18 heavy (non-hydrogen) atoms. The van der Waals surface area contributed by atoms with Crippen LogP contribution < -0.4 is 0 Å². The summed E-state index contributed by atoms with van der Waals surface area (Å²) in [5, 5.41) is 0. The van der Waals surface area contributed by atoms with Crippen molar-refractivity contribution in [1.82, 2.24) is 9.80 Å². The summed E-state index contributed by atoms with van der Waals surface area (Å²) in [4.78, 5) is 15.8. The van der Waals surface area contributed by atoms with Crippen LogP contribution >= 0.6 is 0 Å². The van der Waals surface area contributed by atoms with Gasteiger partial charge in [-0.1, -0.05) is 30.3 Å². The molecule has 1 heterocycles. The van der Waals surface area contributed by atoms with Crippen molar-refractivity contribution in [1.29, 1.82) is 0 Å². The Bertz CT molecular complexity index is 377. The molecule has 1 fully saturated rings. The van der Waals surface area contributed by atoms with E-state index in [1.54, 1.807) is 0 Å². The molecule has 1 aliphatic heterocycles. The highest BCUT2D eigenvalue weighted by Gasteiger charge is 2.19. The van der Waals surface area contributed by atoms with Gasteiger partial charge in [0.05, 0.1) is 0 Å². The second kappa shape index (κ2) is 6.55. The molecule has 1 saturated heterocycles. The fourth-order valence-corrected chi connectivity index (χ4v) is 2.45. The van der Waals surface area contributed by atoms with Crippen LogP contribution in [0, 0.1) is 0 Å². The quantitative estimate of drug-likeness (QED) is 0.767. The van der Waals surface area contributed by atoms with Crippen LogP contribution in [-0.4, -0.2) is 42.4 Å². The number of carbonyl (C=O) groups excluding carboxylic acids is 1. The van der Waals surface area contributed by atoms with Gasteiger partial charge in [-0.05, 0) is 32.0 Å². The maximum atomic E-state index is 11.5. The maximum absolute atomic E-state index is 11.5. The Hall–Kier alpha value is -1.35. The number of benzene rings is 1. The highest BCUT2D eigenvalue weighted by molar-refractivity contribution is 5.77. The van der Waals surface area contributed by atoms with Crippen LogP contribution in [0.2, 0.25) is 0 Å². The van der Waals surface area contributed by atoms with E-state index in [1.165, 1.54) is 5.56 Å². The zero-order valence-electron chi connectivity index (χ0n) is 11.1. The summed E-state index contributed by atoms with van der Waals surface area (Å²) >= 11 is 0. The van der Waals surface area contributed by atoms with Crippen molar-refractivity contribution in [3.05, 3.63) is 35.9 Å². The molecule has 1 amide bonds. The van der Waals surface area contributed by atoms with Crippen molar-refractivity contribution in [2.75, 3.05) is 26.7 Å². The van der Waals surface area contributed by atoms with Crippen LogP contribution in [0.1, 0.15) is 24.8 Å². The third kappa shape index (κ3) is 3.84. The summed E-state index contributed by atoms with van der Waals surface area (Å²) in [6, 6.07) is 10.5. The predicted octanol–water partition coefficient (Wildman–Crippen LogP) is 2.13. The van der Waals surface area contributed by atoms with E-state index < -0.39 is 0 Å². The third-order valence-electron chi connectivity index (χ3n) is 3.43. The average Bonchev–Trinajstić information content (AvgIpc) is 2.76. The zero-order valence-corrected chi connectivity index (χ0v) is 11.1. The Kier molecular flexibility index (Phi) is 4.76. The van der Waals surface area contributed by atoms with E-state index in [1.807, 2.05) is 11.0 Å². The fraction of sp³-hybridized carbons (Fsp3) is 0.533. The van der Waals surface area contributed by atoms with E-state index in [9.17, 15) is 4.79 Å². The van der Waals surface area contributed by atoms with Crippen LogP contribution in [0.3, 0.4) is 0 Å². The van der Waals surface area contributed by atoms with Gasteiger partial charge >= 0.3 is 0 Å². The first-order valence-corrected chi connectivity index (χ1v) is 6.76. The molecule has 98 valence electrons. The molecule has 0 aliphatic carbocycles. The molecule has 3 heteroatoms. The monoisotopic (exact) mass is 246 g/mol. The molecule has 0 spiro atoms. The van der Waals surface area contributed by atoms with Crippen molar-refractivity contribution in [2.45, 2.75) is 25.8 Å². The molecule has 0 atom stereocenters. The summed E-state index contributed by atoms with van der Waals surface area (Å²) in [6.07, 6.45) is 2.85. The molecule has 0 saturated carbocycles. The van der Waals surface area contributed by atoms with Crippen molar-refractivity contribution in [2.24, 2.45) is 0 Å². The van der Waals surface area contributed by atoms with Crippen LogP contribution in [0.4, 0.5) is 0 Å². The van der Waals surface area contributed by atoms with Crippen LogP contribution in [0.5, 0.6) is 0 Å². The lowest BCUT2D eigenvalue weighted by molar-refractivity contribution is -0.127.